The topological polar surface area (TPSA) is 42.0 Å². The minimum absolute atomic E-state index is 0.102. The standard InChI is InChI=1S/C11H14BrClN2O/c1-7(2)10(5-12)15-11(16)9-4-3-8(13)6-14-9/h3-4,6-7,10H,5H2,1-2H3,(H,15,16). The van der Waals surface area contributed by atoms with Crippen LogP contribution in [0.4, 0.5) is 0 Å². The average molecular weight is 306 g/mol. The van der Waals surface area contributed by atoms with Crippen molar-refractivity contribution in [3.63, 3.8) is 0 Å². The molecule has 1 N–H and O–H groups in total. The fourth-order valence-electron chi connectivity index (χ4n) is 1.14. The summed E-state index contributed by atoms with van der Waals surface area (Å²) in [5.41, 5.74) is 0.385. The van der Waals surface area contributed by atoms with Crippen LogP contribution in [0.15, 0.2) is 18.3 Å². The van der Waals surface area contributed by atoms with E-state index in [9.17, 15) is 4.79 Å². The van der Waals surface area contributed by atoms with Crippen LogP contribution < -0.4 is 5.32 Å². The summed E-state index contributed by atoms with van der Waals surface area (Å²) < 4.78 is 0. The van der Waals surface area contributed by atoms with Gasteiger partial charge in [-0.1, -0.05) is 41.4 Å². The van der Waals surface area contributed by atoms with Gasteiger partial charge in [-0.15, -0.1) is 0 Å². The monoisotopic (exact) mass is 304 g/mol. The maximum absolute atomic E-state index is 11.8. The molecule has 0 bridgehead atoms. The van der Waals surface area contributed by atoms with E-state index in [0.29, 0.717) is 16.6 Å². The van der Waals surface area contributed by atoms with Gasteiger partial charge < -0.3 is 5.32 Å². The summed E-state index contributed by atoms with van der Waals surface area (Å²) in [6.45, 7) is 4.11. The van der Waals surface area contributed by atoms with Crippen molar-refractivity contribution < 1.29 is 4.79 Å². The first-order valence-electron chi connectivity index (χ1n) is 5.03. The van der Waals surface area contributed by atoms with Crippen molar-refractivity contribution in [1.29, 1.82) is 0 Å². The predicted molar refractivity (Wildman–Crippen MR) is 69.1 cm³/mol. The van der Waals surface area contributed by atoms with E-state index in [-0.39, 0.29) is 11.9 Å². The lowest BCUT2D eigenvalue weighted by atomic mass is 10.1. The maximum Gasteiger partial charge on any atom is 0.270 e. The smallest absolute Gasteiger partial charge is 0.270 e. The number of hydrogen-bond acceptors (Lipinski definition) is 2. The van der Waals surface area contributed by atoms with Gasteiger partial charge in [0.15, 0.2) is 0 Å². The molecule has 0 aliphatic carbocycles. The SMILES string of the molecule is CC(C)C(CBr)NC(=O)c1ccc(Cl)cn1. The van der Waals surface area contributed by atoms with E-state index in [4.69, 9.17) is 11.6 Å². The van der Waals surface area contributed by atoms with Crippen LogP contribution in [-0.4, -0.2) is 22.3 Å². The van der Waals surface area contributed by atoms with Gasteiger partial charge >= 0.3 is 0 Å². The number of alkyl halides is 1. The van der Waals surface area contributed by atoms with E-state index < -0.39 is 0 Å². The molecule has 0 saturated carbocycles. The molecule has 1 aromatic rings. The van der Waals surface area contributed by atoms with Gasteiger partial charge in [-0.05, 0) is 18.1 Å². The van der Waals surface area contributed by atoms with E-state index in [1.165, 1.54) is 6.20 Å². The van der Waals surface area contributed by atoms with Gasteiger partial charge in [-0.2, -0.15) is 0 Å². The molecule has 1 unspecified atom stereocenters. The lowest BCUT2D eigenvalue weighted by Gasteiger charge is -2.19. The molecule has 0 aliphatic rings. The van der Waals surface area contributed by atoms with Crippen molar-refractivity contribution in [1.82, 2.24) is 10.3 Å². The van der Waals surface area contributed by atoms with Crippen LogP contribution in [0.25, 0.3) is 0 Å². The summed E-state index contributed by atoms with van der Waals surface area (Å²) in [6, 6.07) is 3.37. The number of carbonyl (C=O) groups excluding carboxylic acids is 1. The molecule has 1 heterocycles. The third-order valence-corrected chi connectivity index (χ3v) is 3.17. The largest absolute Gasteiger partial charge is 0.347 e. The normalized spacial score (nSPS) is 12.6. The minimum Gasteiger partial charge on any atom is -0.347 e. The van der Waals surface area contributed by atoms with E-state index in [2.05, 4.69) is 40.1 Å². The number of halogens is 2. The zero-order chi connectivity index (χ0) is 12.1. The highest BCUT2D eigenvalue weighted by Gasteiger charge is 2.16. The number of rotatable bonds is 4. The van der Waals surface area contributed by atoms with E-state index in [1.54, 1.807) is 12.1 Å². The Bertz CT molecular complexity index is 354. The van der Waals surface area contributed by atoms with Gasteiger partial charge in [0.25, 0.3) is 5.91 Å². The van der Waals surface area contributed by atoms with Gasteiger partial charge in [0.1, 0.15) is 5.69 Å². The molecule has 5 heteroatoms. The quantitative estimate of drug-likeness (QED) is 0.869. The molecule has 1 amide bonds. The lowest BCUT2D eigenvalue weighted by molar-refractivity contribution is 0.0926. The van der Waals surface area contributed by atoms with Crippen LogP contribution in [-0.2, 0) is 0 Å². The molecule has 3 nitrogen and oxygen atoms in total. The van der Waals surface area contributed by atoms with Crippen LogP contribution in [0.1, 0.15) is 24.3 Å². The molecule has 0 spiro atoms. The highest BCUT2D eigenvalue weighted by Crippen LogP contribution is 2.08. The van der Waals surface area contributed by atoms with E-state index in [1.807, 2.05) is 0 Å². The number of amides is 1. The summed E-state index contributed by atoms with van der Waals surface area (Å²) >= 11 is 9.07. The molecule has 0 saturated heterocycles. The van der Waals surface area contributed by atoms with Gasteiger partial charge in [0.05, 0.1) is 5.02 Å². The Morgan fingerprint density at radius 1 is 1.56 bits per heavy atom. The number of nitrogens with one attached hydrogen (secondary N) is 1. The predicted octanol–water partition coefficient (Wildman–Crippen LogP) is 2.88. The average Bonchev–Trinajstić information content (AvgIpc) is 2.26. The molecule has 88 valence electrons. The second kappa shape index (κ2) is 6.21. The van der Waals surface area contributed by atoms with Crippen molar-refractivity contribution in [3.05, 3.63) is 29.0 Å². The van der Waals surface area contributed by atoms with Crippen LogP contribution >= 0.6 is 27.5 Å². The zero-order valence-corrected chi connectivity index (χ0v) is 11.5. The Morgan fingerprint density at radius 2 is 2.25 bits per heavy atom. The Morgan fingerprint density at radius 3 is 2.69 bits per heavy atom. The molecular weight excluding hydrogens is 291 g/mol. The maximum atomic E-state index is 11.8. The van der Waals surface area contributed by atoms with Gasteiger partial charge in [0.2, 0.25) is 0 Å². The van der Waals surface area contributed by atoms with Crippen molar-refractivity contribution in [3.8, 4) is 0 Å². The fourth-order valence-corrected chi connectivity index (χ4v) is 2.16. The molecular formula is C11H14BrClN2O. The van der Waals surface area contributed by atoms with Gasteiger partial charge in [-0.3, -0.25) is 4.79 Å². The van der Waals surface area contributed by atoms with E-state index in [0.717, 1.165) is 5.33 Å². The van der Waals surface area contributed by atoms with Crippen LogP contribution in [0.2, 0.25) is 5.02 Å². The minimum atomic E-state index is -0.171. The number of hydrogen-bond donors (Lipinski definition) is 1. The van der Waals surface area contributed by atoms with Crippen LogP contribution in [0.5, 0.6) is 0 Å². The van der Waals surface area contributed by atoms with Crippen molar-refractivity contribution in [2.45, 2.75) is 19.9 Å². The summed E-state index contributed by atoms with van der Waals surface area (Å²) in [6.07, 6.45) is 1.47. The Kier molecular flexibility index (Phi) is 5.22. The van der Waals surface area contributed by atoms with Gasteiger partial charge in [0, 0.05) is 17.6 Å². The zero-order valence-electron chi connectivity index (χ0n) is 9.21. The van der Waals surface area contributed by atoms with Crippen LogP contribution in [0, 0.1) is 5.92 Å². The summed E-state index contributed by atoms with van der Waals surface area (Å²) in [4.78, 5) is 15.8. The Hall–Kier alpha value is -0.610. The van der Waals surface area contributed by atoms with Crippen molar-refractivity contribution >= 4 is 33.4 Å². The fraction of sp³-hybridized carbons (Fsp3) is 0.455. The molecule has 1 atom stereocenters. The molecule has 0 radical (unpaired) electrons. The highest BCUT2D eigenvalue weighted by molar-refractivity contribution is 9.09. The number of aromatic nitrogens is 1. The number of pyridine rings is 1. The lowest BCUT2D eigenvalue weighted by Crippen LogP contribution is -2.40. The van der Waals surface area contributed by atoms with Crippen molar-refractivity contribution in [2.24, 2.45) is 5.92 Å². The molecule has 1 rings (SSSR count). The number of carbonyl (C=O) groups is 1. The highest BCUT2D eigenvalue weighted by atomic mass is 79.9. The Labute approximate surface area is 109 Å². The third kappa shape index (κ3) is 3.76. The molecule has 16 heavy (non-hydrogen) atoms. The van der Waals surface area contributed by atoms with Crippen LogP contribution in [0.3, 0.4) is 0 Å². The van der Waals surface area contributed by atoms with E-state index >= 15 is 0 Å². The summed E-state index contributed by atoms with van der Waals surface area (Å²) in [5, 5.41) is 4.16. The molecule has 0 aromatic carbocycles. The first kappa shape index (κ1) is 13.5. The second-order valence-corrected chi connectivity index (χ2v) is 4.92. The van der Waals surface area contributed by atoms with Gasteiger partial charge in [-0.25, -0.2) is 4.98 Å². The third-order valence-electron chi connectivity index (χ3n) is 2.25. The molecule has 0 fully saturated rings. The molecule has 0 aliphatic heterocycles. The first-order chi connectivity index (χ1) is 7.54. The summed E-state index contributed by atoms with van der Waals surface area (Å²) in [5.74, 6) is 0.199. The molecule has 1 aromatic heterocycles. The number of nitrogens with zero attached hydrogens (tertiary/aromatic N) is 1. The first-order valence-corrected chi connectivity index (χ1v) is 6.53. The Balaban J connectivity index is 2.68. The summed E-state index contributed by atoms with van der Waals surface area (Å²) in [7, 11) is 0. The second-order valence-electron chi connectivity index (χ2n) is 3.84. The van der Waals surface area contributed by atoms with Crippen molar-refractivity contribution in [2.75, 3.05) is 5.33 Å².